The topological polar surface area (TPSA) is 112 Å². The van der Waals surface area contributed by atoms with E-state index in [9.17, 15) is 19.5 Å². The minimum absolute atomic E-state index is 0.0906. The van der Waals surface area contributed by atoms with Gasteiger partial charge in [-0.15, -0.1) is 0 Å². The monoisotopic (exact) mass is 499 g/mol. The van der Waals surface area contributed by atoms with E-state index in [2.05, 4.69) is 10.3 Å². The Labute approximate surface area is 214 Å². The minimum atomic E-state index is -1.18. The number of H-pyrrole nitrogens is 1. The van der Waals surface area contributed by atoms with Crippen LogP contribution in [0.1, 0.15) is 21.5 Å². The SMILES string of the molecule is COc1ccccc1C(=O)N(C)[C@H](Cc1ccccc1)C(=O)N[C@@H](Cc1c[nH]c2ccccc12)C(=O)O. The molecular formula is C29H29N3O5. The molecule has 0 fully saturated rings. The number of aromatic nitrogens is 1. The van der Waals surface area contributed by atoms with Crippen molar-refractivity contribution in [1.82, 2.24) is 15.2 Å². The molecule has 3 N–H and O–H groups in total. The van der Waals surface area contributed by atoms with Gasteiger partial charge >= 0.3 is 5.97 Å². The number of carboxylic acids is 1. The van der Waals surface area contributed by atoms with E-state index in [1.807, 2.05) is 54.6 Å². The molecule has 2 amide bonds. The molecule has 1 aromatic heterocycles. The molecular weight excluding hydrogens is 470 g/mol. The van der Waals surface area contributed by atoms with Gasteiger partial charge in [-0.3, -0.25) is 9.59 Å². The van der Waals surface area contributed by atoms with Crippen LogP contribution >= 0.6 is 0 Å². The van der Waals surface area contributed by atoms with E-state index < -0.39 is 29.9 Å². The van der Waals surface area contributed by atoms with Crippen LogP contribution < -0.4 is 10.1 Å². The Morgan fingerprint density at radius 3 is 2.35 bits per heavy atom. The zero-order valence-corrected chi connectivity index (χ0v) is 20.7. The smallest absolute Gasteiger partial charge is 0.326 e. The first-order chi connectivity index (χ1) is 17.9. The summed E-state index contributed by atoms with van der Waals surface area (Å²) in [6.45, 7) is 0. The van der Waals surface area contributed by atoms with E-state index in [1.54, 1.807) is 30.5 Å². The molecule has 37 heavy (non-hydrogen) atoms. The summed E-state index contributed by atoms with van der Waals surface area (Å²) in [5.41, 5.74) is 2.82. The highest BCUT2D eigenvalue weighted by Crippen LogP contribution is 2.22. The van der Waals surface area contributed by atoms with E-state index in [-0.39, 0.29) is 12.8 Å². The average Bonchev–Trinajstić information content (AvgIpc) is 3.33. The number of nitrogens with one attached hydrogen (secondary N) is 2. The largest absolute Gasteiger partial charge is 0.496 e. The van der Waals surface area contributed by atoms with Crippen LogP contribution in [-0.2, 0) is 22.4 Å². The molecule has 1 heterocycles. The van der Waals surface area contributed by atoms with E-state index in [0.29, 0.717) is 11.3 Å². The molecule has 2 atom stereocenters. The summed E-state index contributed by atoms with van der Waals surface area (Å²) in [5, 5.41) is 13.5. The Morgan fingerprint density at radius 2 is 1.62 bits per heavy atom. The van der Waals surface area contributed by atoms with Crippen LogP contribution in [0, 0.1) is 0 Å². The third kappa shape index (κ3) is 5.81. The first-order valence-electron chi connectivity index (χ1n) is 11.9. The van der Waals surface area contributed by atoms with Gasteiger partial charge in [-0.05, 0) is 29.3 Å². The summed E-state index contributed by atoms with van der Waals surface area (Å²) in [5.74, 6) is -1.73. The van der Waals surface area contributed by atoms with Gasteiger partial charge in [0.25, 0.3) is 5.91 Å². The third-order valence-corrected chi connectivity index (χ3v) is 6.41. The number of benzene rings is 3. The summed E-state index contributed by atoms with van der Waals surface area (Å²) in [7, 11) is 3.01. The molecule has 0 spiro atoms. The lowest BCUT2D eigenvalue weighted by atomic mass is 10.0. The van der Waals surface area contributed by atoms with Crippen molar-refractivity contribution in [2.75, 3.05) is 14.2 Å². The number of amides is 2. The highest BCUT2D eigenvalue weighted by atomic mass is 16.5. The first-order valence-corrected chi connectivity index (χ1v) is 11.9. The average molecular weight is 500 g/mol. The standard InChI is InChI=1S/C29H29N3O5/c1-32(28(34)22-13-7-9-15-26(22)37-2)25(16-19-10-4-3-5-11-19)27(33)31-24(29(35)36)17-20-18-30-23-14-8-6-12-21(20)23/h3-15,18,24-25,30H,16-17H2,1-2H3,(H,31,33)(H,35,36)/t24-,25+/m0/s1. The summed E-state index contributed by atoms with van der Waals surface area (Å²) >= 11 is 0. The molecule has 4 rings (SSSR count). The minimum Gasteiger partial charge on any atom is -0.496 e. The fraction of sp³-hybridized carbons (Fsp3) is 0.207. The lowest BCUT2D eigenvalue weighted by Gasteiger charge is -2.29. The molecule has 0 aliphatic carbocycles. The molecule has 0 aliphatic rings. The van der Waals surface area contributed by atoms with Gasteiger partial charge in [-0.1, -0.05) is 60.7 Å². The summed E-state index contributed by atoms with van der Waals surface area (Å²) < 4.78 is 5.34. The van der Waals surface area contributed by atoms with E-state index >= 15 is 0 Å². The van der Waals surface area contributed by atoms with Gasteiger partial charge in [0.15, 0.2) is 0 Å². The van der Waals surface area contributed by atoms with Crippen molar-refractivity contribution >= 4 is 28.7 Å². The number of carboxylic acid groups (broad SMARTS) is 1. The zero-order valence-electron chi connectivity index (χ0n) is 20.7. The van der Waals surface area contributed by atoms with Crippen molar-refractivity contribution in [2.45, 2.75) is 24.9 Å². The number of aromatic amines is 1. The van der Waals surface area contributed by atoms with Crippen molar-refractivity contribution < 1.29 is 24.2 Å². The predicted molar refractivity (Wildman–Crippen MR) is 141 cm³/mol. The Balaban J connectivity index is 1.60. The molecule has 0 bridgehead atoms. The molecule has 0 aliphatic heterocycles. The summed E-state index contributed by atoms with van der Waals surface area (Å²) in [4.78, 5) is 43.6. The van der Waals surface area contributed by atoms with Crippen molar-refractivity contribution in [1.29, 1.82) is 0 Å². The van der Waals surface area contributed by atoms with Crippen molar-refractivity contribution in [3.8, 4) is 5.75 Å². The van der Waals surface area contributed by atoms with E-state index in [4.69, 9.17) is 4.74 Å². The Kier molecular flexibility index (Phi) is 7.88. The molecule has 0 unspecified atom stereocenters. The maximum Gasteiger partial charge on any atom is 0.326 e. The maximum absolute atomic E-state index is 13.6. The van der Waals surface area contributed by atoms with E-state index in [0.717, 1.165) is 22.0 Å². The molecule has 8 heteroatoms. The van der Waals surface area contributed by atoms with Crippen LogP contribution in [0.25, 0.3) is 10.9 Å². The van der Waals surface area contributed by atoms with Gasteiger partial charge in [0, 0.05) is 37.0 Å². The molecule has 0 saturated heterocycles. The second-order valence-corrected chi connectivity index (χ2v) is 8.78. The highest BCUT2D eigenvalue weighted by molar-refractivity contribution is 6.00. The number of para-hydroxylation sites is 2. The van der Waals surface area contributed by atoms with Crippen LogP contribution in [0.3, 0.4) is 0 Å². The van der Waals surface area contributed by atoms with Crippen LogP contribution in [0.2, 0.25) is 0 Å². The highest BCUT2D eigenvalue weighted by Gasteiger charge is 2.32. The lowest BCUT2D eigenvalue weighted by molar-refractivity contribution is -0.142. The van der Waals surface area contributed by atoms with Crippen LogP contribution in [0.5, 0.6) is 5.75 Å². The van der Waals surface area contributed by atoms with Gasteiger partial charge in [0.05, 0.1) is 12.7 Å². The number of carbonyl (C=O) groups excluding carboxylic acids is 2. The summed E-state index contributed by atoms with van der Waals surface area (Å²) in [6.07, 6.45) is 2.06. The Morgan fingerprint density at radius 1 is 0.946 bits per heavy atom. The lowest BCUT2D eigenvalue weighted by Crippen LogP contribution is -2.53. The number of aliphatic carboxylic acids is 1. The normalized spacial score (nSPS) is 12.5. The van der Waals surface area contributed by atoms with Gasteiger partial charge in [-0.25, -0.2) is 4.79 Å². The number of hydrogen-bond acceptors (Lipinski definition) is 4. The van der Waals surface area contributed by atoms with Gasteiger partial charge in [0.2, 0.25) is 5.91 Å². The first kappa shape index (κ1) is 25.5. The molecule has 8 nitrogen and oxygen atoms in total. The number of carbonyl (C=O) groups is 3. The summed E-state index contributed by atoms with van der Waals surface area (Å²) in [6, 6.07) is 21.5. The quantitative estimate of drug-likeness (QED) is 0.308. The van der Waals surface area contributed by atoms with Gasteiger partial charge < -0.3 is 25.0 Å². The third-order valence-electron chi connectivity index (χ3n) is 6.41. The second kappa shape index (κ2) is 11.4. The number of nitrogens with zero attached hydrogens (tertiary/aromatic N) is 1. The predicted octanol–water partition coefficient (Wildman–Crippen LogP) is 3.67. The fourth-order valence-electron chi connectivity index (χ4n) is 4.38. The van der Waals surface area contributed by atoms with Crippen LogP contribution in [-0.4, -0.2) is 59.0 Å². The van der Waals surface area contributed by atoms with Gasteiger partial charge in [0.1, 0.15) is 17.8 Å². The van der Waals surface area contributed by atoms with Crippen molar-refractivity contribution in [3.63, 3.8) is 0 Å². The number of fused-ring (bicyclic) bond motifs is 1. The van der Waals surface area contributed by atoms with Crippen molar-refractivity contribution in [3.05, 3.63) is 102 Å². The number of ether oxygens (including phenoxy) is 1. The van der Waals surface area contributed by atoms with E-state index in [1.165, 1.54) is 19.1 Å². The fourth-order valence-corrected chi connectivity index (χ4v) is 4.38. The van der Waals surface area contributed by atoms with Crippen LogP contribution in [0.4, 0.5) is 0 Å². The number of likely N-dealkylation sites (N-methyl/N-ethyl adjacent to an activating group) is 1. The maximum atomic E-state index is 13.6. The molecule has 0 saturated carbocycles. The van der Waals surface area contributed by atoms with Gasteiger partial charge in [-0.2, -0.15) is 0 Å². The molecule has 190 valence electrons. The number of hydrogen-bond donors (Lipinski definition) is 3. The Bertz CT molecular complexity index is 1400. The zero-order chi connectivity index (χ0) is 26.4. The number of methoxy groups -OCH3 is 1. The molecule has 3 aromatic carbocycles. The van der Waals surface area contributed by atoms with Crippen LogP contribution in [0.15, 0.2) is 85.1 Å². The van der Waals surface area contributed by atoms with Crippen molar-refractivity contribution in [2.24, 2.45) is 0 Å². The Hall–Kier alpha value is -4.59. The second-order valence-electron chi connectivity index (χ2n) is 8.78. The molecule has 4 aromatic rings. The molecule has 0 radical (unpaired) electrons. The number of rotatable bonds is 10.